The van der Waals surface area contributed by atoms with Gasteiger partial charge in [-0.25, -0.2) is 0 Å². The molecular weight excluding hydrogens is 412 g/mol. The number of hydrogen-bond donors (Lipinski definition) is 4. The van der Waals surface area contributed by atoms with Crippen LogP contribution >= 0.6 is 0 Å². The summed E-state index contributed by atoms with van der Waals surface area (Å²) in [7, 11) is -3.78. The first-order valence-electron chi connectivity index (χ1n) is 10.0. The first-order chi connectivity index (χ1) is 13.3. The summed E-state index contributed by atoms with van der Waals surface area (Å²) < 4.78 is 6.49. The van der Waals surface area contributed by atoms with Crippen molar-refractivity contribution in [3.05, 3.63) is 0 Å². The number of amides is 2. The number of aliphatic carboxylic acids is 2. The van der Waals surface area contributed by atoms with Crippen LogP contribution < -0.4 is 10.6 Å². The zero-order valence-electron chi connectivity index (χ0n) is 18.0. The van der Waals surface area contributed by atoms with E-state index in [1.165, 1.54) is 0 Å². The van der Waals surface area contributed by atoms with Crippen LogP contribution in [-0.2, 0) is 23.3 Å². The Labute approximate surface area is 174 Å². The third-order valence-electron chi connectivity index (χ3n) is 4.24. The Balaban J connectivity index is 4.05. The second kappa shape index (κ2) is 13.5. The topological polar surface area (TPSA) is 142 Å². The summed E-state index contributed by atoms with van der Waals surface area (Å²) in [6.07, 6.45) is 1.27. The van der Waals surface area contributed by atoms with E-state index in [0.29, 0.717) is 13.1 Å². The minimum absolute atomic E-state index is 0.000550. The maximum atomic E-state index is 11.5. The number of rotatable bonds is 16. The number of carboxylic acid groups (broad SMARTS) is 2. The smallest absolute Gasteiger partial charge is 0.303 e. The molecule has 0 aliphatic heterocycles. The number of nitrogens with one attached hydrogen (secondary N) is 2. The summed E-state index contributed by atoms with van der Waals surface area (Å²) >= 11 is 0. The van der Waals surface area contributed by atoms with Gasteiger partial charge in [0.15, 0.2) is 16.6 Å². The maximum absolute atomic E-state index is 11.5. The lowest BCUT2D eigenvalue weighted by Gasteiger charge is -2.34. The average molecular weight is 449 g/mol. The Morgan fingerprint density at radius 1 is 0.690 bits per heavy atom. The van der Waals surface area contributed by atoms with Crippen LogP contribution in [0.25, 0.3) is 0 Å². The van der Waals surface area contributed by atoms with Gasteiger partial charge in [-0.05, 0) is 51.1 Å². The fourth-order valence-corrected chi connectivity index (χ4v) is 11.8. The average Bonchev–Trinajstić information content (AvgIpc) is 2.58. The van der Waals surface area contributed by atoms with Crippen molar-refractivity contribution in [2.75, 3.05) is 13.1 Å². The molecule has 11 heteroatoms. The zero-order valence-corrected chi connectivity index (χ0v) is 20.0. The number of carboxylic acids is 2. The molecule has 0 rings (SSSR count). The van der Waals surface area contributed by atoms with E-state index in [-0.39, 0.29) is 37.5 Å². The Morgan fingerprint density at radius 2 is 1.03 bits per heavy atom. The Kier molecular flexibility index (Phi) is 12.7. The van der Waals surface area contributed by atoms with Gasteiger partial charge in [0.2, 0.25) is 11.8 Å². The summed E-state index contributed by atoms with van der Waals surface area (Å²) in [5.41, 5.74) is 0. The Bertz CT molecular complexity index is 520. The predicted molar refractivity (Wildman–Crippen MR) is 115 cm³/mol. The summed E-state index contributed by atoms with van der Waals surface area (Å²) in [5.74, 6) is -2.44. The third kappa shape index (κ3) is 16.9. The van der Waals surface area contributed by atoms with Gasteiger partial charge in [-0.1, -0.05) is 0 Å². The largest absolute Gasteiger partial charge is 0.481 e. The molecule has 2 amide bonds. The second-order valence-corrected chi connectivity index (χ2v) is 17.2. The fourth-order valence-electron chi connectivity index (χ4n) is 2.95. The standard InChI is InChI=1S/C18H36N2O7Si2/c1-28(2,13-5-11-19-15(21)7-9-17(23)24)27-29(3,4)14-6-12-20-16(22)8-10-18(25)26/h5-14H2,1-4H3,(H,19,21)(H,20,22)(H,23,24)(H,25,26). The van der Waals surface area contributed by atoms with Crippen LogP contribution in [0.4, 0.5) is 0 Å². The van der Waals surface area contributed by atoms with Gasteiger partial charge in [-0.3, -0.25) is 19.2 Å². The van der Waals surface area contributed by atoms with E-state index in [1.807, 2.05) is 0 Å². The van der Waals surface area contributed by atoms with Crippen LogP contribution in [0.1, 0.15) is 38.5 Å². The predicted octanol–water partition coefficient (Wildman–Crippen LogP) is 2.16. The molecule has 29 heavy (non-hydrogen) atoms. The molecule has 168 valence electrons. The number of carbonyl (C=O) groups excluding carboxylic acids is 2. The highest BCUT2D eigenvalue weighted by Gasteiger charge is 2.32. The molecule has 0 aromatic rings. The van der Waals surface area contributed by atoms with E-state index < -0.39 is 28.6 Å². The molecule has 0 fully saturated rings. The van der Waals surface area contributed by atoms with Crippen molar-refractivity contribution in [1.29, 1.82) is 0 Å². The monoisotopic (exact) mass is 448 g/mol. The van der Waals surface area contributed by atoms with Gasteiger partial charge in [-0.2, -0.15) is 0 Å². The van der Waals surface area contributed by atoms with Crippen molar-refractivity contribution in [2.24, 2.45) is 0 Å². The van der Waals surface area contributed by atoms with Gasteiger partial charge in [0.25, 0.3) is 0 Å². The van der Waals surface area contributed by atoms with Crippen LogP contribution in [0.5, 0.6) is 0 Å². The van der Waals surface area contributed by atoms with E-state index >= 15 is 0 Å². The molecule has 0 saturated heterocycles. The lowest BCUT2D eigenvalue weighted by Crippen LogP contribution is -2.45. The molecular formula is C18H36N2O7Si2. The van der Waals surface area contributed by atoms with Crippen LogP contribution in [-0.4, -0.2) is 63.7 Å². The van der Waals surface area contributed by atoms with Crippen molar-refractivity contribution in [3.63, 3.8) is 0 Å². The highest BCUT2D eigenvalue weighted by molar-refractivity contribution is 6.84. The van der Waals surface area contributed by atoms with E-state index in [1.54, 1.807) is 0 Å². The van der Waals surface area contributed by atoms with Gasteiger partial charge in [0.05, 0.1) is 12.8 Å². The molecule has 0 aliphatic rings. The first-order valence-corrected chi connectivity index (χ1v) is 16.2. The van der Waals surface area contributed by atoms with Gasteiger partial charge >= 0.3 is 11.9 Å². The van der Waals surface area contributed by atoms with Gasteiger partial charge < -0.3 is 25.0 Å². The van der Waals surface area contributed by atoms with Crippen LogP contribution in [0, 0.1) is 0 Å². The van der Waals surface area contributed by atoms with E-state index in [4.69, 9.17) is 14.3 Å². The minimum atomic E-state index is -1.89. The van der Waals surface area contributed by atoms with Gasteiger partial charge in [0.1, 0.15) is 0 Å². The van der Waals surface area contributed by atoms with Gasteiger partial charge in [0, 0.05) is 25.9 Å². The summed E-state index contributed by atoms with van der Waals surface area (Å²) in [5, 5.41) is 22.6. The molecule has 0 unspecified atom stereocenters. The number of hydrogen-bond acceptors (Lipinski definition) is 5. The molecule has 0 saturated carbocycles. The molecule has 0 heterocycles. The number of carbonyl (C=O) groups is 4. The highest BCUT2D eigenvalue weighted by Crippen LogP contribution is 2.23. The van der Waals surface area contributed by atoms with Crippen molar-refractivity contribution >= 4 is 40.4 Å². The normalized spacial score (nSPS) is 11.7. The van der Waals surface area contributed by atoms with E-state index in [9.17, 15) is 19.2 Å². The molecule has 0 aromatic heterocycles. The summed E-state index contributed by atoms with van der Waals surface area (Å²) in [6.45, 7) is 9.65. The molecule has 9 nitrogen and oxygen atoms in total. The first kappa shape index (κ1) is 27.3. The van der Waals surface area contributed by atoms with Crippen molar-refractivity contribution in [3.8, 4) is 0 Å². The molecule has 4 N–H and O–H groups in total. The lowest BCUT2D eigenvalue weighted by atomic mass is 10.3. The Morgan fingerprint density at radius 3 is 1.34 bits per heavy atom. The third-order valence-corrected chi connectivity index (χ3v) is 11.8. The molecule has 0 radical (unpaired) electrons. The molecule has 0 aliphatic carbocycles. The van der Waals surface area contributed by atoms with Crippen LogP contribution in [0.2, 0.25) is 38.3 Å². The lowest BCUT2D eigenvalue weighted by molar-refractivity contribution is -0.139. The zero-order chi connectivity index (χ0) is 22.5. The van der Waals surface area contributed by atoms with Crippen molar-refractivity contribution in [1.82, 2.24) is 10.6 Å². The second-order valence-electron chi connectivity index (χ2n) is 8.32. The van der Waals surface area contributed by atoms with Crippen molar-refractivity contribution < 1.29 is 33.5 Å². The van der Waals surface area contributed by atoms with E-state index in [0.717, 1.165) is 24.9 Å². The van der Waals surface area contributed by atoms with Gasteiger partial charge in [-0.15, -0.1) is 0 Å². The fraction of sp³-hybridized carbons (Fsp3) is 0.778. The van der Waals surface area contributed by atoms with Crippen LogP contribution in [0.15, 0.2) is 0 Å². The maximum Gasteiger partial charge on any atom is 0.303 e. The van der Waals surface area contributed by atoms with Crippen LogP contribution in [0.3, 0.4) is 0 Å². The highest BCUT2D eigenvalue weighted by atomic mass is 28.4. The minimum Gasteiger partial charge on any atom is -0.481 e. The summed E-state index contributed by atoms with van der Waals surface area (Å²) in [4.78, 5) is 43.9. The molecule has 0 bridgehead atoms. The molecule has 0 spiro atoms. The van der Waals surface area contributed by atoms with E-state index in [2.05, 4.69) is 36.8 Å². The molecule has 0 atom stereocenters. The SMILES string of the molecule is C[Si](C)(CCCNC(=O)CCC(=O)O)O[Si](C)(C)CCCNC(=O)CCC(=O)O. The molecule has 0 aromatic carbocycles. The Hall–Kier alpha value is -1.73. The quantitative estimate of drug-likeness (QED) is 0.209. The van der Waals surface area contributed by atoms with Crippen molar-refractivity contribution in [2.45, 2.75) is 76.8 Å². The summed E-state index contributed by atoms with van der Waals surface area (Å²) in [6, 6.07) is 1.79.